The molecule has 0 nitrogen and oxygen atoms in total. The van der Waals surface area contributed by atoms with Gasteiger partial charge in [0.05, 0.1) is 6.16 Å². The molecule has 0 fully saturated rings. The molecule has 4 aromatic carbocycles. The first kappa shape index (κ1) is 20.1. The van der Waals surface area contributed by atoms with Crippen molar-refractivity contribution in [2.24, 2.45) is 0 Å². The molecule has 0 unspecified atom stereocenters. The van der Waals surface area contributed by atoms with E-state index in [1.54, 1.807) is 0 Å². The Hall–Kier alpha value is -2.21. The van der Waals surface area contributed by atoms with E-state index in [4.69, 9.17) is 0 Å². The zero-order valence-electron chi connectivity index (χ0n) is 16.4. The van der Waals surface area contributed by atoms with Crippen LogP contribution >= 0.6 is 23.2 Å². The van der Waals surface area contributed by atoms with Crippen LogP contribution < -0.4 is 15.9 Å². The van der Waals surface area contributed by atoms with Crippen molar-refractivity contribution in [3.8, 4) is 0 Å². The van der Waals surface area contributed by atoms with Gasteiger partial charge in [-0.1, -0.05) is 94.8 Å². The summed E-state index contributed by atoms with van der Waals surface area (Å²) in [6, 6.07) is 42.3. The summed E-state index contributed by atoms with van der Waals surface area (Å²) in [5.41, 5.74) is 2.90. The highest BCUT2D eigenvalue weighted by Crippen LogP contribution is 2.58. The van der Waals surface area contributed by atoms with Gasteiger partial charge in [-0.15, -0.1) is 0 Å². The maximum atomic E-state index is 3.64. The van der Waals surface area contributed by atoms with E-state index in [9.17, 15) is 0 Å². The highest BCUT2D eigenvalue weighted by atomic mass is 79.9. The average Bonchev–Trinajstić information content (AvgIpc) is 2.80. The topological polar surface area (TPSA) is 0 Å². The number of rotatable bonds is 7. The summed E-state index contributed by atoms with van der Waals surface area (Å²) in [5.74, 6) is 0. The highest BCUT2D eigenvalue weighted by molar-refractivity contribution is 9.09. The Kier molecular flexibility index (Phi) is 6.60. The molecule has 0 aliphatic heterocycles. The van der Waals surface area contributed by atoms with Crippen LogP contribution in [0.15, 0.2) is 115 Å². The first-order valence-corrected chi connectivity index (χ1v) is 13.1. The molecular weight excluding hydrogens is 435 g/mol. The molecule has 0 atom stereocenters. The van der Waals surface area contributed by atoms with Gasteiger partial charge in [0, 0.05) is 5.33 Å². The number of hydrogen-bond acceptors (Lipinski definition) is 0. The minimum Gasteiger partial charge on any atom is -0.0924 e. The molecule has 0 aliphatic rings. The molecule has 0 aliphatic carbocycles. The molecule has 2 heteroatoms. The zero-order chi connectivity index (χ0) is 19.9. The molecule has 0 radical (unpaired) electrons. The van der Waals surface area contributed by atoms with Crippen LogP contribution in [0.2, 0.25) is 0 Å². The Morgan fingerprint density at radius 1 is 0.483 bits per heavy atom. The fourth-order valence-electron chi connectivity index (χ4n) is 4.08. The lowest BCUT2D eigenvalue weighted by Gasteiger charge is -2.28. The second-order valence-corrected chi connectivity index (χ2v) is 11.5. The number of benzene rings is 4. The van der Waals surface area contributed by atoms with Crippen molar-refractivity contribution in [2.45, 2.75) is 12.6 Å². The maximum Gasteiger partial charge on any atom is 0.116 e. The number of hydrogen-bond donors (Lipinski definition) is 0. The van der Waals surface area contributed by atoms with Crippen molar-refractivity contribution in [1.29, 1.82) is 0 Å². The molecule has 0 aromatic heterocycles. The van der Waals surface area contributed by atoms with Crippen molar-refractivity contribution in [1.82, 2.24) is 0 Å². The van der Waals surface area contributed by atoms with E-state index >= 15 is 0 Å². The van der Waals surface area contributed by atoms with E-state index in [1.807, 2.05) is 0 Å². The van der Waals surface area contributed by atoms with Crippen LogP contribution in [0.3, 0.4) is 0 Å². The van der Waals surface area contributed by atoms with E-state index in [0.717, 1.165) is 17.9 Å². The van der Waals surface area contributed by atoms with E-state index in [1.165, 1.54) is 27.0 Å². The lowest BCUT2D eigenvalue weighted by molar-refractivity contribution is 1.12. The van der Waals surface area contributed by atoms with Crippen molar-refractivity contribution >= 4 is 39.1 Å². The largest absolute Gasteiger partial charge is 0.116 e. The summed E-state index contributed by atoms with van der Waals surface area (Å²) < 4.78 is 0. The minimum absolute atomic E-state index is 0.984. The molecule has 4 rings (SSSR count). The van der Waals surface area contributed by atoms with Gasteiger partial charge in [0.25, 0.3) is 0 Å². The number of halogens is 1. The van der Waals surface area contributed by atoms with Crippen molar-refractivity contribution in [3.63, 3.8) is 0 Å². The Bertz CT molecular complexity index is 933. The van der Waals surface area contributed by atoms with Gasteiger partial charge in [-0.05, 0) is 53.9 Å². The second-order valence-electron chi connectivity index (χ2n) is 7.18. The lowest BCUT2D eigenvalue weighted by Crippen LogP contribution is -2.32. The molecule has 4 aromatic rings. The van der Waals surface area contributed by atoms with Crippen molar-refractivity contribution < 1.29 is 0 Å². The minimum atomic E-state index is -1.84. The maximum absolute atomic E-state index is 3.64. The first-order chi connectivity index (χ1) is 14.3. The fourth-order valence-corrected chi connectivity index (χ4v) is 8.81. The zero-order valence-corrected chi connectivity index (χ0v) is 18.9. The van der Waals surface area contributed by atoms with Crippen LogP contribution in [-0.4, -0.2) is 5.33 Å². The van der Waals surface area contributed by atoms with E-state index < -0.39 is 7.26 Å². The van der Waals surface area contributed by atoms with Gasteiger partial charge in [0.1, 0.15) is 23.2 Å². The monoisotopic (exact) mass is 459 g/mol. The van der Waals surface area contributed by atoms with Gasteiger partial charge in [-0.3, -0.25) is 0 Å². The van der Waals surface area contributed by atoms with Crippen LogP contribution in [0.5, 0.6) is 0 Å². The van der Waals surface area contributed by atoms with E-state index in [0.29, 0.717) is 0 Å². The van der Waals surface area contributed by atoms with Crippen LogP contribution in [0.1, 0.15) is 11.1 Å². The molecule has 144 valence electrons. The SMILES string of the molecule is BrCCc1ccccc1C[P+](c1ccccc1)(c1ccccc1)c1ccccc1. The third-order valence-electron chi connectivity index (χ3n) is 5.48. The highest BCUT2D eigenvalue weighted by Gasteiger charge is 2.45. The van der Waals surface area contributed by atoms with Gasteiger partial charge in [-0.25, -0.2) is 0 Å². The predicted octanol–water partition coefficient (Wildman–Crippen LogP) is 6.12. The van der Waals surface area contributed by atoms with E-state index in [-0.39, 0.29) is 0 Å². The van der Waals surface area contributed by atoms with E-state index in [2.05, 4.69) is 131 Å². The Labute approximate surface area is 183 Å². The van der Waals surface area contributed by atoms with Crippen molar-refractivity contribution in [3.05, 3.63) is 126 Å². The fraction of sp³-hybridized carbons (Fsp3) is 0.111. The quantitative estimate of drug-likeness (QED) is 0.230. The molecule has 0 saturated heterocycles. The van der Waals surface area contributed by atoms with Gasteiger partial charge in [0.15, 0.2) is 0 Å². The van der Waals surface area contributed by atoms with Crippen LogP contribution in [0, 0.1) is 0 Å². The molecule has 0 saturated carbocycles. The number of alkyl halides is 1. The summed E-state index contributed by atoms with van der Waals surface area (Å²) in [6.45, 7) is 0. The normalized spacial score (nSPS) is 11.3. The number of aryl methyl sites for hydroxylation is 1. The van der Waals surface area contributed by atoms with Crippen molar-refractivity contribution in [2.75, 3.05) is 5.33 Å². The van der Waals surface area contributed by atoms with Gasteiger partial charge >= 0.3 is 0 Å². The van der Waals surface area contributed by atoms with Gasteiger partial charge < -0.3 is 0 Å². The van der Waals surface area contributed by atoms with Crippen LogP contribution in [0.4, 0.5) is 0 Å². The molecular formula is C27H25BrP+. The second kappa shape index (κ2) is 9.53. The summed E-state index contributed by atoms with van der Waals surface area (Å²) in [5, 5.41) is 5.29. The first-order valence-electron chi connectivity index (χ1n) is 10.0. The third kappa shape index (κ3) is 4.22. The van der Waals surface area contributed by atoms with Gasteiger partial charge in [-0.2, -0.15) is 0 Å². The summed E-state index contributed by atoms with van der Waals surface area (Å²) in [6.07, 6.45) is 2.09. The molecule has 0 heterocycles. The summed E-state index contributed by atoms with van der Waals surface area (Å²) in [7, 11) is -1.84. The van der Waals surface area contributed by atoms with Crippen LogP contribution in [-0.2, 0) is 12.6 Å². The standard InChI is InChI=1S/C27H25BrP/c28-21-20-23-12-10-11-13-24(23)22-29(25-14-4-1-5-15-25,26-16-6-2-7-17-26)27-18-8-3-9-19-27/h1-19H,20-22H2/q+1. The summed E-state index contributed by atoms with van der Waals surface area (Å²) in [4.78, 5) is 0. The lowest BCUT2D eigenvalue weighted by atomic mass is 10.1. The smallest absolute Gasteiger partial charge is 0.0924 e. The molecule has 0 amide bonds. The molecule has 0 bridgehead atoms. The average molecular weight is 460 g/mol. The Morgan fingerprint density at radius 2 is 0.862 bits per heavy atom. The third-order valence-corrected chi connectivity index (χ3v) is 10.2. The molecule has 29 heavy (non-hydrogen) atoms. The molecule has 0 N–H and O–H groups in total. The summed E-state index contributed by atoms with van der Waals surface area (Å²) >= 11 is 3.64. The predicted molar refractivity (Wildman–Crippen MR) is 133 cm³/mol. The molecule has 0 spiro atoms. The van der Waals surface area contributed by atoms with Gasteiger partial charge in [0.2, 0.25) is 0 Å². The Morgan fingerprint density at radius 3 is 1.28 bits per heavy atom. The van der Waals surface area contributed by atoms with Crippen LogP contribution in [0.25, 0.3) is 0 Å². The Balaban J connectivity index is 1.99.